The molecule has 2 unspecified atom stereocenters. The van der Waals surface area contributed by atoms with Crippen molar-refractivity contribution in [2.24, 2.45) is 0 Å². The van der Waals surface area contributed by atoms with Crippen LogP contribution in [0.25, 0.3) is 5.57 Å². The minimum Gasteiger partial charge on any atom is -0.374 e. The van der Waals surface area contributed by atoms with E-state index in [1.54, 1.807) is 14.2 Å². The van der Waals surface area contributed by atoms with Crippen LogP contribution in [0, 0.1) is 0 Å². The van der Waals surface area contributed by atoms with E-state index >= 15 is 0 Å². The molecular formula is C17H23NO2. The Balaban J connectivity index is 2.50. The van der Waals surface area contributed by atoms with E-state index in [0.717, 1.165) is 12.1 Å². The molecule has 0 amide bonds. The maximum absolute atomic E-state index is 5.97. The monoisotopic (exact) mass is 273 g/mol. The number of nitrogens with zero attached hydrogens (tertiary/aromatic N) is 1. The standard InChI is InChI=1S/C17H23NO2/c1-18(2)13-17(20-4)15(11-8-12-16(17)19-3)14-9-6-5-7-10-14/h5-12,16H,13H2,1-4H3. The van der Waals surface area contributed by atoms with E-state index in [2.05, 4.69) is 43.3 Å². The maximum atomic E-state index is 5.97. The first-order valence-electron chi connectivity index (χ1n) is 6.81. The summed E-state index contributed by atoms with van der Waals surface area (Å²) in [6, 6.07) is 10.3. The fourth-order valence-corrected chi connectivity index (χ4v) is 2.87. The number of benzene rings is 1. The molecule has 2 rings (SSSR count). The number of rotatable bonds is 5. The smallest absolute Gasteiger partial charge is 0.135 e. The van der Waals surface area contributed by atoms with Crippen molar-refractivity contribution in [3.05, 3.63) is 54.1 Å². The predicted molar refractivity (Wildman–Crippen MR) is 82.7 cm³/mol. The molecule has 3 nitrogen and oxygen atoms in total. The van der Waals surface area contributed by atoms with Crippen LogP contribution in [0.1, 0.15) is 5.56 Å². The number of methoxy groups -OCH3 is 2. The van der Waals surface area contributed by atoms with Gasteiger partial charge in [0, 0.05) is 20.8 Å². The lowest BCUT2D eigenvalue weighted by Crippen LogP contribution is -2.53. The highest BCUT2D eigenvalue weighted by molar-refractivity contribution is 5.76. The van der Waals surface area contributed by atoms with Gasteiger partial charge >= 0.3 is 0 Å². The molecule has 108 valence electrons. The highest BCUT2D eigenvalue weighted by Crippen LogP contribution is 2.38. The van der Waals surface area contributed by atoms with E-state index in [-0.39, 0.29) is 6.10 Å². The molecule has 1 aliphatic carbocycles. The van der Waals surface area contributed by atoms with E-state index in [0.29, 0.717) is 0 Å². The molecule has 1 aliphatic rings. The van der Waals surface area contributed by atoms with Crippen LogP contribution < -0.4 is 0 Å². The predicted octanol–water partition coefficient (Wildman–Crippen LogP) is 2.60. The van der Waals surface area contributed by atoms with Crippen LogP contribution in [0.5, 0.6) is 0 Å². The zero-order valence-electron chi connectivity index (χ0n) is 12.7. The molecule has 20 heavy (non-hydrogen) atoms. The topological polar surface area (TPSA) is 21.7 Å². The zero-order chi connectivity index (χ0) is 14.6. The second-order valence-electron chi connectivity index (χ2n) is 5.32. The third kappa shape index (κ3) is 2.70. The van der Waals surface area contributed by atoms with Gasteiger partial charge in [0.1, 0.15) is 11.7 Å². The van der Waals surface area contributed by atoms with Crippen LogP contribution in [0.3, 0.4) is 0 Å². The summed E-state index contributed by atoms with van der Waals surface area (Å²) in [4.78, 5) is 2.13. The lowest BCUT2D eigenvalue weighted by molar-refractivity contribution is -0.0699. The molecule has 0 aliphatic heterocycles. The molecule has 3 heteroatoms. The second-order valence-corrected chi connectivity index (χ2v) is 5.32. The molecule has 0 fully saturated rings. The van der Waals surface area contributed by atoms with Gasteiger partial charge in [0.15, 0.2) is 0 Å². The van der Waals surface area contributed by atoms with Gasteiger partial charge in [-0.25, -0.2) is 0 Å². The van der Waals surface area contributed by atoms with Gasteiger partial charge in [-0.2, -0.15) is 0 Å². The molecule has 0 spiro atoms. The molecule has 0 aromatic heterocycles. The lowest BCUT2D eigenvalue weighted by atomic mass is 9.79. The Morgan fingerprint density at radius 1 is 1.15 bits per heavy atom. The van der Waals surface area contributed by atoms with Gasteiger partial charge < -0.3 is 14.4 Å². The minimum absolute atomic E-state index is 0.102. The molecule has 0 heterocycles. The molecule has 0 radical (unpaired) electrons. The molecule has 2 atom stereocenters. The number of hydrogen-bond donors (Lipinski definition) is 0. The summed E-state index contributed by atoms with van der Waals surface area (Å²) in [5.74, 6) is 0. The first-order valence-corrected chi connectivity index (χ1v) is 6.81. The van der Waals surface area contributed by atoms with E-state index in [4.69, 9.17) is 9.47 Å². The van der Waals surface area contributed by atoms with Gasteiger partial charge in [-0.05, 0) is 25.2 Å². The van der Waals surface area contributed by atoms with Gasteiger partial charge in [-0.1, -0.05) is 48.6 Å². The third-order valence-electron chi connectivity index (χ3n) is 3.72. The van der Waals surface area contributed by atoms with Crippen molar-refractivity contribution < 1.29 is 9.47 Å². The van der Waals surface area contributed by atoms with E-state index in [1.165, 1.54) is 5.56 Å². The van der Waals surface area contributed by atoms with Crippen LogP contribution >= 0.6 is 0 Å². The number of allylic oxidation sites excluding steroid dienone is 2. The number of likely N-dealkylation sites (N-methyl/N-ethyl adjacent to an activating group) is 1. The SMILES string of the molecule is COC1C=CC=C(c2ccccc2)C1(CN(C)C)OC. The fourth-order valence-electron chi connectivity index (χ4n) is 2.87. The molecular weight excluding hydrogens is 250 g/mol. The molecule has 0 bridgehead atoms. The van der Waals surface area contributed by atoms with Crippen LogP contribution in [0.15, 0.2) is 48.6 Å². The van der Waals surface area contributed by atoms with Gasteiger partial charge in [0.2, 0.25) is 0 Å². The fraction of sp³-hybridized carbons (Fsp3) is 0.412. The normalized spacial score (nSPS) is 25.9. The van der Waals surface area contributed by atoms with Crippen LogP contribution in [-0.4, -0.2) is 51.5 Å². The average Bonchev–Trinajstić information content (AvgIpc) is 2.47. The Morgan fingerprint density at radius 3 is 2.40 bits per heavy atom. The summed E-state index contributed by atoms with van der Waals surface area (Å²) >= 11 is 0. The second kappa shape index (κ2) is 6.35. The molecule has 0 saturated heterocycles. The lowest BCUT2D eigenvalue weighted by Gasteiger charge is -2.43. The summed E-state index contributed by atoms with van der Waals surface area (Å²) in [5.41, 5.74) is 1.83. The van der Waals surface area contributed by atoms with Gasteiger partial charge in [0.05, 0.1) is 0 Å². The largest absolute Gasteiger partial charge is 0.374 e. The first kappa shape index (κ1) is 15.0. The molecule has 0 N–H and O–H groups in total. The van der Waals surface area contributed by atoms with Crippen molar-refractivity contribution in [1.29, 1.82) is 0 Å². The first-order chi connectivity index (χ1) is 9.64. The molecule has 1 aromatic rings. The van der Waals surface area contributed by atoms with Crippen molar-refractivity contribution in [2.45, 2.75) is 11.7 Å². The minimum atomic E-state index is -0.492. The summed E-state index contributed by atoms with van der Waals surface area (Å²) in [6.07, 6.45) is 6.12. The van der Waals surface area contributed by atoms with Crippen LogP contribution in [-0.2, 0) is 9.47 Å². The van der Waals surface area contributed by atoms with Crippen molar-refractivity contribution in [2.75, 3.05) is 34.9 Å². The Morgan fingerprint density at radius 2 is 1.85 bits per heavy atom. The van der Waals surface area contributed by atoms with Crippen LogP contribution in [0.2, 0.25) is 0 Å². The number of ether oxygens (including phenoxy) is 2. The highest BCUT2D eigenvalue weighted by Gasteiger charge is 2.44. The Kier molecular flexibility index (Phi) is 4.76. The summed E-state index contributed by atoms with van der Waals surface area (Å²) in [6.45, 7) is 0.757. The average molecular weight is 273 g/mol. The van der Waals surface area contributed by atoms with Crippen molar-refractivity contribution in [3.8, 4) is 0 Å². The summed E-state index contributed by atoms with van der Waals surface area (Å²) in [5, 5.41) is 0. The Hall–Kier alpha value is -1.42. The highest BCUT2D eigenvalue weighted by atomic mass is 16.5. The molecule has 0 saturated carbocycles. The zero-order valence-corrected chi connectivity index (χ0v) is 12.7. The summed E-state index contributed by atoms with van der Waals surface area (Å²) in [7, 11) is 7.58. The van der Waals surface area contributed by atoms with Crippen molar-refractivity contribution >= 4 is 5.57 Å². The van der Waals surface area contributed by atoms with E-state index < -0.39 is 5.60 Å². The van der Waals surface area contributed by atoms with Gasteiger partial charge in [-0.15, -0.1) is 0 Å². The van der Waals surface area contributed by atoms with Crippen molar-refractivity contribution in [1.82, 2.24) is 4.90 Å². The van der Waals surface area contributed by atoms with Crippen molar-refractivity contribution in [3.63, 3.8) is 0 Å². The maximum Gasteiger partial charge on any atom is 0.135 e. The molecule has 1 aromatic carbocycles. The van der Waals surface area contributed by atoms with Gasteiger partial charge in [-0.3, -0.25) is 0 Å². The number of hydrogen-bond acceptors (Lipinski definition) is 3. The quantitative estimate of drug-likeness (QED) is 0.823. The Bertz CT molecular complexity index is 493. The summed E-state index contributed by atoms with van der Waals surface area (Å²) < 4.78 is 11.6. The van der Waals surface area contributed by atoms with E-state index in [1.807, 2.05) is 24.3 Å². The third-order valence-corrected chi connectivity index (χ3v) is 3.72. The van der Waals surface area contributed by atoms with Crippen LogP contribution in [0.4, 0.5) is 0 Å². The van der Waals surface area contributed by atoms with Gasteiger partial charge in [0.25, 0.3) is 0 Å². The Labute approximate surface area is 121 Å². The van der Waals surface area contributed by atoms with E-state index in [9.17, 15) is 0 Å².